The number of benzene rings is 1. The molecule has 0 atom stereocenters. The molecule has 0 unspecified atom stereocenters. The van der Waals surface area contributed by atoms with Gasteiger partial charge in [0.25, 0.3) is 0 Å². The van der Waals surface area contributed by atoms with Crippen molar-refractivity contribution >= 4 is 5.97 Å². The van der Waals surface area contributed by atoms with Crippen molar-refractivity contribution in [1.29, 1.82) is 0 Å². The summed E-state index contributed by atoms with van der Waals surface area (Å²) >= 11 is 0. The van der Waals surface area contributed by atoms with Gasteiger partial charge in [-0.3, -0.25) is 4.68 Å². The molecule has 0 aliphatic heterocycles. The number of aromatic carboxylic acids is 1. The van der Waals surface area contributed by atoms with Crippen molar-refractivity contribution in [3.05, 3.63) is 41.2 Å². The third-order valence-corrected chi connectivity index (χ3v) is 3.04. The van der Waals surface area contributed by atoms with Gasteiger partial charge in [0.2, 0.25) is 0 Å². The molecular weight excluding hydrogens is 228 g/mol. The van der Waals surface area contributed by atoms with Gasteiger partial charge in [-0.1, -0.05) is 12.1 Å². The zero-order valence-corrected chi connectivity index (χ0v) is 10.8. The van der Waals surface area contributed by atoms with E-state index >= 15 is 0 Å². The first-order chi connectivity index (χ1) is 8.52. The molecule has 18 heavy (non-hydrogen) atoms. The summed E-state index contributed by atoms with van der Waals surface area (Å²) in [4.78, 5) is 11.1. The lowest BCUT2D eigenvalue weighted by molar-refractivity contribution is 0.0695. The second-order valence-corrected chi connectivity index (χ2v) is 4.37. The van der Waals surface area contributed by atoms with Crippen LogP contribution in [0, 0.1) is 13.8 Å². The molecule has 0 saturated heterocycles. The van der Waals surface area contributed by atoms with Crippen LogP contribution in [-0.2, 0) is 6.54 Å². The molecule has 2 rings (SSSR count). The van der Waals surface area contributed by atoms with E-state index in [1.807, 2.05) is 43.8 Å². The Morgan fingerprint density at radius 2 is 1.89 bits per heavy atom. The van der Waals surface area contributed by atoms with Crippen LogP contribution in [0.5, 0.6) is 0 Å². The highest BCUT2D eigenvalue weighted by Crippen LogP contribution is 2.25. The van der Waals surface area contributed by atoms with Gasteiger partial charge in [-0.05, 0) is 37.5 Å². The zero-order valence-electron chi connectivity index (χ0n) is 10.8. The smallest absolute Gasteiger partial charge is 0.336 e. The van der Waals surface area contributed by atoms with E-state index in [-0.39, 0.29) is 0 Å². The molecular formula is C14H16N2O2. The van der Waals surface area contributed by atoms with Crippen LogP contribution in [0.4, 0.5) is 0 Å². The molecule has 0 spiro atoms. The van der Waals surface area contributed by atoms with Crippen LogP contribution >= 0.6 is 0 Å². The molecule has 0 fully saturated rings. The van der Waals surface area contributed by atoms with Gasteiger partial charge in [0.1, 0.15) is 0 Å². The first kappa shape index (κ1) is 12.4. The fraction of sp³-hybridized carbons (Fsp3) is 0.286. The van der Waals surface area contributed by atoms with Crippen molar-refractivity contribution in [2.45, 2.75) is 27.3 Å². The summed E-state index contributed by atoms with van der Waals surface area (Å²) in [6.07, 6.45) is 3.77. The van der Waals surface area contributed by atoms with Crippen LogP contribution in [0.3, 0.4) is 0 Å². The number of carbonyl (C=O) groups is 1. The fourth-order valence-corrected chi connectivity index (χ4v) is 2.15. The van der Waals surface area contributed by atoms with Crippen LogP contribution in [-0.4, -0.2) is 20.9 Å². The van der Waals surface area contributed by atoms with E-state index in [2.05, 4.69) is 5.10 Å². The topological polar surface area (TPSA) is 55.1 Å². The normalized spacial score (nSPS) is 10.6. The summed E-state index contributed by atoms with van der Waals surface area (Å²) in [6.45, 7) is 6.50. The van der Waals surface area contributed by atoms with Gasteiger partial charge >= 0.3 is 5.97 Å². The Hall–Kier alpha value is -2.10. The monoisotopic (exact) mass is 244 g/mol. The second kappa shape index (κ2) is 4.64. The minimum atomic E-state index is -0.874. The van der Waals surface area contributed by atoms with Gasteiger partial charge in [0, 0.05) is 18.3 Å². The predicted octanol–water partition coefficient (Wildman–Crippen LogP) is 2.89. The molecule has 0 radical (unpaired) electrons. The molecule has 94 valence electrons. The maximum Gasteiger partial charge on any atom is 0.336 e. The Labute approximate surface area is 106 Å². The van der Waals surface area contributed by atoms with Gasteiger partial charge < -0.3 is 5.11 Å². The molecule has 0 amide bonds. The van der Waals surface area contributed by atoms with E-state index in [1.54, 1.807) is 6.20 Å². The van der Waals surface area contributed by atoms with Crippen molar-refractivity contribution in [2.75, 3.05) is 0 Å². The number of carboxylic acid groups (broad SMARTS) is 1. The van der Waals surface area contributed by atoms with Crippen molar-refractivity contribution < 1.29 is 9.90 Å². The SMILES string of the molecule is CCn1cc(-c2cc(C)c(C(=O)O)c(C)c2)cn1. The highest BCUT2D eigenvalue weighted by atomic mass is 16.4. The lowest BCUT2D eigenvalue weighted by atomic mass is 9.97. The molecule has 1 heterocycles. The Kier molecular flexibility index (Phi) is 3.19. The highest BCUT2D eigenvalue weighted by Gasteiger charge is 2.13. The standard InChI is InChI=1S/C14H16N2O2/c1-4-16-8-12(7-15-16)11-5-9(2)13(14(17)18)10(3)6-11/h5-8H,4H2,1-3H3,(H,17,18). The van der Waals surface area contributed by atoms with E-state index < -0.39 is 5.97 Å². The number of nitrogens with zero attached hydrogens (tertiary/aromatic N) is 2. The molecule has 4 nitrogen and oxygen atoms in total. The number of carboxylic acids is 1. The third kappa shape index (κ3) is 2.14. The molecule has 0 aliphatic carbocycles. The molecule has 1 aromatic heterocycles. The van der Waals surface area contributed by atoms with Gasteiger partial charge in [-0.2, -0.15) is 5.10 Å². The van der Waals surface area contributed by atoms with Crippen LogP contribution < -0.4 is 0 Å². The number of aryl methyl sites for hydroxylation is 3. The average Bonchev–Trinajstić information content (AvgIpc) is 2.75. The van der Waals surface area contributed by atoms with Crippen LogP contribution in [0.25, 0.3) is 11.1 Å². The van der Waals surface area contributed by atoms with Gasteiger partial charge in [0.05, 0.1) is 11.8 Å². The molecule has 0 bridgehead atoms. The predicted molar refractivity (Wildman–Crippen MR) is 69.8 cm³/mol. The summed E-state index contributed by atoms with van der Waals surface area (Å²) < 4.78 is 1.85. The summed E-state index contributed by atoms with van der Waals surface area (Å²) in [5, 5.41) is 13.4. The second-order valence-electron chi connectivity index (χ2n) is 4.37. The summed E-state index contributed by atoms with van der Waals surface area (Å²) in [5.41, 5.74) is 3.97. The fourth-order valence-electron chi connectivity index (χ4n) is 2.15. The molecule has 1 aromatic carbocycles. The van der Waals surface area contributed by atoms with E-state index in [1.165, 1.54) is 0 Å². The molecule has 2 aromatic rings. The minimum Gasteiger partial charge on any atom is -0.478 e. The Morgan fingerprint density at radius 1 is 1.28 bits per heavy atom. The number of aromatic nitrogens is 2. The van der Waals surface area contributed by atoms with Gasteiger partial charge in [-0.15, -0.1) is 0 Å². The van der Waals surface area contributed by atoms with Crippen molar-refractivity contribution in [3.8, 4) is 11.1 Å². The summed E-state index contributed by atoms with van der Waals surface area (Å²) in [7, 11) is 0. The van der Waals surface area contributed by atoms with E-state index in [0.29, 0.717) is 5.56 Å². The van der Waals surface area contributed by atoms with Gasteiger partial charge in [-0.25, -0.2) is 4.79 Å². The van der Waals surface area contributed by atoms with Gasteiger partial charge in [0.15, 0.2) is 0 Å². The number of rotatable bonds is 3. The maximum absolute atomic E-state index is 11.1. The average molecular weight is 244 g/mol. The molecule has 1 N–H and O–H groups in total. The third-order valence-electron chi connectivity index (χ3n) is 3.04. The van der Waals surface area contributed by atoms with E-state index in [4.69, 9.17) is 5.11 Å². The van der Waals surface area contributed by atoms with Crippen LogP contribution in [0.15, 0.2) is 24.5 Å². The number of hydrogen-bond acceptors (Lipinski definition) is 2. The number of hydrogen-bond donors (Lipinski definition) is 1. The molecule has 4 heteroatoms. The first-order valence-electron chi connectivity index (χ1n) is 5.90. The van der Waals surface area contributed by atoms with Crippen LogP contribution in [0.1, 0.15) is 28.4 Å². The highest BCUT2D eigenvalue weighted by molar-refractivity contribution is 5.92. The Bertz CT molecular complexity index is 577. The van der Waals surface area contributed by atoms with Crippen LogP contribution in [0.2, 0.25) is 0 Å². The summed E-state index contributed by atoms with van der Waals surface area (Å²) in [5.74, 6) is -0.874. The largest absolute Gasteiger partial charge is 0.478 e. The van der Waals surface area contributed by atoms with Crippen molar-refractivity contribution in [3.63, 3.8) is 0 Å². The Morgan fingerprint density at radius 3 is 2.33 bits per heavy atom. The summed E-state index contributed by atoms with van der Waals surface area (Å²) in [6, 6.07) is 3.79. The lowest BCUT2D eigenvalue weighted by Gasteiger charge is -2.08. The zero-order chi connectivity index (χ0) is 13.3. The van der Waals surface area contributed by atoms with Crippen molar-refractivity contribution in [1.82, 2.24) is 9.78 Å². The Balaban J connectivity index is 2.50. The molecule has 0 saturated carbocycles. The maximum atomic E-state index is 11.1. The van der Waals surface area contributed by atoms with E-state index in [0.717, 1.165) is 28.8 Å². The molecule has 0 aliphatic rings. The van der Waals surface area contributed by atoms with Crippen molar-refractivity contribution in [2.24, 2.45) is 0 Å². The quantitative estimate of drug-likeness (QED) is 0.903. The first-order valence-corrected chi connectivity index (χ1v) is 5.90. The lowest BCUT2D eigenvalue weighted by Crippen LogP contribution is -2.03. The minimum absolute atomic E-state index is 0.390. The van der Waals surface area contributed by atoms with E-state index in [9.17, 15) is 4.79 Å².